The minimum atomic E-state index is 0.504. The predicted molar refractivity (Wildman–Crippen MR) is 86.2 cm³/mol. The van der Waals surface area contributed by atoms with Crippen molar-refractivity contribution in [1.29, 1.82) is 0 Å². The van der Waals surface area contributed by atoms with E-state index in [1.807, 2.05) is 12.1 Å². The van der Waals surface area contributed by atoms with Gasteiger partial charge in [0, 0.05) is 18.1 Å². The van der Waals surface area contributed by atoms with Crippen LogP contribution in [0.15, 0.2) is 16.6 Å². The van der Waals surface area contributed by atoms with Crippen LogP contribution in [-0.4, -0.2) is 46.7 Å². The average Bonchev–Trinajstić information content (AvgIpc) is 2.45. The lowest BCUT2D eigenvalue weighted by atomic mass is 10.3. The smallest absolute Gasteiger partial charge is 0.0835 e. The fourth-order valence-electron chi connectivity index (χ4n) is 1.38. The molecule has 7 heteroatoms. The molecule has 0 unspecified atom stereocenters. The zero-order chi connectivity index (χ0) is 14.8. The summed E-state index contributed by atoms with van der Waals surface area (Å²) >= 11 is 15.5. The molecule has 114 valence electrons. The lowest BCUT2D eigenvalue weighted by Crippen LogP contribution is -2.13. The number of rotatable bonds is 10. The van der Waals surface area contributed by atoms with Crippen molar-refractivity contribution < 1.29 is 14.2 Å². The van der Waals surface area contributed by atoms with E-state index in [-0.39, 0.29) is 0 Å². The second-order valence-electron chi connectivity index (χ2n) is 3.87. The molecular weight excluding hydrogens is 369 g/mol. The van der Waals surface area contributed by atoms with Gasteiger partial charge in [-0.05, 0) is 28.1 Å². The van der Waals surface area contributed by atoms with Crippen LogP contribution in [-0.2, 0) is 14.2 Å². The first-order valence-corrected chi connectivity index (χ1v) is 7.73. The van der Waals surface area contributed by atoms with Gasteiger partial charge < -0.3 is 19.5 Å². The minimum absolute atomic E-state index is 0.504. The molecule has 0 atom stereocenters. The van der Waals surface area contributed by atoms with Gasteiger partial charge in [-0.2, -0.15) is 0 Å². The van der Waals surface area contributed by atoms with Crippen molar-refractivity contribution >= 4 is 44.8 Å². The molecular formula is C13H18BrCl2NO3. The number of benzene rings is 1. The van der Waals surface area contributed by atoms with Crippen molar-refractivity contribution in [2.24, 2.45) is 0 Å². The van der Waals surface area contributed by atoms with E-state index in [0.717, 1.165) is 10.2 Å². The highest BCUT2D eigenvalue weighted by molar-refractivity contribution is 9.10. The number of ether oxygens (including phenoxy) is 3. The standard InChI is InChI=1S/C13H18BrCl2NO3/c1-18-6-7-20-9-8-19-5-4-17-11-3-2-10(14)12(15)13(11)16/h2-3,17H,4-9H2,1H3. The molecule has 1 N–H and O–H groups in total. The SMILES string of the molecule is COCCOCCOCCNc1ccc(Br)c(Cl)c1Cl. The summed E-state index contributed by atoms with van der Waals surface area (Å²) in [7, 11) is 1.64. The van der Waals surface area contributed by atoms with Gasteiger partial charge in [-0.25, -0.2) is 0 Å². The normalized spacial score (nSPS) is 10.8. The van der Waals surface area contributed by atoms with Crippen LogP contribution < -0.4 is 5.32 Å². The van der Waals surface area contributed by atoms with Crippen LogP contribution in [0.3, 0.4) is 0 Å². The molecule has 4 nitrogen and oxygen atoms in total. The Bertz CT molecular complexity index is 407. The first-order valence-electron chi connectivity index (χ1n) is 6.18. The molecule has 0 amide bonds. The van der Waals surface area contributed by atoms with Gasteiger partial charge in [0.25, 0.3) is 0 Å². The number of halogens is 3. The fourth-order valence-corrected chi connectivity index (χ4v) is 2.23. The van der Waals surface area contributed by atoms with E-state index >= 15 is 0 Å². The van der Waals surface area contributed by atoms with E-state index < -0.39 is 0 Å². The zero-order valence-electron chi connectivity index (χ0n) is 11.3. The van der Waals surface area contributed by atoms with Crippen LogP contribution in [0.5, 0.6) is 0 Å². The summed E-state index contributed by atoms with van der Waals surface area (Å²) in [6.45, 7) is 3.53. The largest absolute Gasteiger partial charge is 0.382 e. The van der Waals surface area contributed by atoms with Crippen molar-refractivity contribution in [3.63, 3.8) is 0 Å². The molecule has 0 radical (unpaired) electrons. The Hall–Kier alpha value is -0.0400. The van der Waals surface area contributed by atoms with Gasteiger partial charge in [-0.1, -0.05) is 23.2 Å². The summed E-state index contributed by atoms with van der Waals surface area (Å²) in [5.74, 6) is 0. The summed E-state index contributed by atoms with van der Waals surface area (Å²) in [6, 6.07) is 3.72. The van der Waals surface area contributed by atoms with E-state index in [1.54, 1.807) is 7.11 Å². The molecule has 1 aromatic carbocycles. The van der Waals surface area contributed by atoms with Crippen LogP contribution in [0, 0.1) is 0 Å². The van der Waals surface area contributed by atoms with Gasteiger partial charge in [0.2, 0.25) is 0 Å². The third-order valence-corrected chi connectivity index (χ3v) is 4.17. The number of anilines is 1. The first-order chi connectivity index (χ1) is 9.66. The maximum Gasteiger partial charge on any atom is 0.0835 e. The third kappa shape index (κ3) is 6.61. The quantitative estimate of drug-likeness (QED) is 0.489. The van der Waals surface area contributed by atoms with Gasteiger partial charge in [0.15, 0.2) is 0 Å². The number of methoxy groups -OCH3 is 1. The molecule has 0 fully saturated rings. The van der Waals surface area contributed by atoms with Crippen molar-refractivity contribution in [2.45, 2.75) is 0 Å². The van der Waals surface area contributed by atoms with Gasteiger partial charge in [0.1, 0.15) is 0 Å². The molecule has 20 heavy (non-hydrogen) atoms. The lowest BCUT2D eigenvalue weighted by molar-refractivity contribution is 0.0272. The molecule has 0 aliphatic rings. The van der Waals surface area contributed by atoms with Crippen LogP contribution in [0.1, 0.15) is 0 Å². The molecule has 1 rings (SSSR count). The molecule has 1 aromatic rings. The minimum Gasteiger partial charge on any atom is -0.382 e. The third-order valence-electron chi connectivity index (χ3n) is 2.40. The van der Waals surface area contributed by atoms with Gasteiger partial charge in [-0.3, -0.25) is 0 Å². The molecule has 0 saturated carbocycles. The van der Waals surface area contributed by atoms with Crippen LogP contribution in [0.4, 0.5) is 5.69 Å². The highest BCUT2D eigenvalue weighted by atomic mass is 79.9. The summed E-state index contributed by atoms with van der Waals surface area (Å²) in [4.78, 5) is 0. The Labute approximate surface area is 137 Å². The summed E-state index contributed by atoms with van der Waals surface area (Å²) in [5.41, 5.74) is 0.791. The first kappa shape index (κ1) is 18.0. The number of hydrogen-bond donors (Lipinski definition) is 1. The van der Waals surface area contributed by atoms with E-state index in [2.05, 4.69) is 21.2 Å². The van der Waals surface area contributed by atoms with Crippen molar-refractivity contribution in [2.75, 3.05) is 52.0 Å². The summed E-state index contributed by atoms with van der Waals surface area (Å²) in [6.07, 6.45) is 0. The topological polar surface area (TPSA) is 39.7 Å². The van der Waals surface area contributed by atoms with Gasteiger partial charge >= 0.3 is 0 Å². The summed E-state index contributed by atoms with van der Waals surface area (Å²) in [5, 5.41) is 4.18. The molecule has 0 aliphatic carbocycles. The lowest BCUT2D eigenvalue weighted by Gasteiger charge is -2.11. The maximum atomic E-state index is 6.11. The number of hydrogen-bond acceptors (Lipinski definition) is 4. The fraction of sp³-hybridized carbons (Fsp3) is 0.538. The van der Waals surface area contributed by atoms with E-state index in [1.165, 1.54) is 0 Å². The highest BCUT2D eigenvalue weighted by Gasteiger charge is 2.07. The maximum absolute atomic E-state index is 6.11. The van der Waals surface area contributed by atoms with E-state index in [9.17, 15) is 0 Å². The highest BCUT2D eigenvalue weighted by Crippen LogP contribution is 2.35. The van der Waals surface area contributed by atoms with Gasteiger partial charge in [0.05, 0.1) is 48.8 Å². The summed E-state index contributed by atoms with van der Waals surface area (Å²) < 4.78 is 16.3. The zero-order valence-corrected chi connectivity index (χ0v) is 14.4. The second kappa shape index (κ2) is 10.7. The Morgan fingerprint density at radius 2 is 1.65 bits per heavy atom. The number of nitrogens with one attached hydrogen (secondary N) is 1. The average molecular weight is 387 g/mol. The van der Waals surface area contributed by atoms with Crippen LogP contribution >= 0.6 is 39.1 Å². The van der Waals surface area contributed by atoms with Crippen LogP contribution in [0.25, 0.3) is 0 Å². The second-order valence-corrected chi connectivity index (χ2v) is 5.48. The van der Waals surface area contributed by atoms with Crippen LogP contribution in [0.2, 0.25) is 10.0 Å². The Balaban J connectivity index is 2.11. The van der Waals surface area contributed by atoms with E-state index in [4.69, 9.17) is 37.4 Å². The molecule has 0 aliphatic heterocycles. The molecule has 0 heterocycles. The van der Waals surface area contributed by atoms with Gasteiger partial charge in [-0.15, -0.1) is 0 Å². The van der Waals surface area contributed by atoms with Crippen molar-refractivity contribution in [3.05, 3.63) is 26.7 Å². The predicted octanol–water partition coefficient (Wildman–Crippen LogP) is 3.85. The van der Waals surface area contributed by atoms with Crippen molar-refractivity contribution in [1.82, 2.24) is 0 Å². The Morgan fingerprint density at radius 1 is 1.00 bits per heavy atom. The Morgan fingerprint density at radius 3 is 2.35 bits per heavy atom. The Kier molecular flexibility index (Phi) is 9.59. The monoisotopic (exact) mass is 385 g/mol. The molecule has 0 aromatic heterocycles. The molecule has 0 saturated heterocycles. The van der Waals surface area contributed by atoms with Crippen molar-refractivity contribution in [3.8, 4) is 0 Å². The van der Waals surface area contributed by atoms with E-state index in [0.29, 0.717) is 49.6 Å². The molecule has 0 spiro atoms. The molecule has 0 bridgehead atoms.